The van der Waals surface area contributed by atoms with E-state index in [2.05, 4.69) is 12.1 Å². The summed E-state index contributed by atoms with van der Waals surface area (Å²) >= 11 is 0. The van der Waals surface area contributed by atoms with E-state index < -0.39 is 0 Å². The molecule has 4 rings (SSSR count). The number of nitrogens with one attached hydrogen (secondary N) is 2. The van der Waals surface area contributed by atoms with Crippen molar-refractivity contribution in [1.29, 1.82) is 5.41 Å². The van der Waals surface area contributed by atoms with Gasteiger partial charge in [0, 0.05) is 11.3 Å². The monoisotopic (exact) mass is 302 g/mol. The maximum Gasteiger partial charge on any atom is 0.125 e. The zero-order chi connectivity index (χ0) is 15.8. The molecule has 1 aliphatic heterocycles. The summed E-state index contributed by atoms with van der Waals surface area (Å²) in [6.45, 7) is 0. The highest BCUT2D eigenvalue weighted by atomic mass is 16.5. The molecule has 2 aromatic rings. The van der Waals surface area contributed by atoms with Crippen molar-refractivity contribution in [2.45, 2.75) is 12.0 Å². The fraction of sp³-hybridized carbons (Fsp3) is 0.150. The quantitative estimate of drug-likeness (QED) is 0.823. The molecule has 3 heteroatoms. The molecule has 0 amide bonds. The first-order valence-electron chi connectivity index (χ1n) is 7.88. The van der Waals surface area contributed by atoms with Gasteiger partial charge in [-0.2, -0.15) is 0 Å². The molecule has 0 saturated carbocycles. The van der Waals surface area contributed by atoms with E-state index in [0.29, 0.717) is 5.71 Å². The van der Waals surface area contributed by atoms with Crippen LogP contribution >= 0.6 is 0 Å². The first-order chi connectivity index (χ1) is 11.3. The lowest BCUT2D eigenvalue weighted by molar-refractivity contribution is -0.832. The maximum atomic E-state index is 13.1. The van der Waals surface area contributed by atoms with E-state index in [9.17, 15) is 5.21 Å². The second-order valence-electron chi connectivity index (χ2n) is 6.10. The number of benzene rings is 2. The predicted molar refractivity (Wildman–Crippen MR) is 91.1 cm³/mol. The van der Waals surface area contributed by atoms with Gasteiger partial charge >= 0.3 is 0 Å². The van der Waals surface area contributed by atoms with Crippen molar-refractivity contribution in [3.8, 4) is 0 Å². The lowest BCUT2D eigenvalue weighted by Crippen LogP contribution is -3.04. The van der Waals surface area contributed by atoms with Gasteiger partial charge in [0.25, 0.3) is 0 Å². The van der Waals surface area contributed by atoms with E-state index in [4.69, 9.17) is 5.41 Å². The summed E-state index contributed by atoms with van der Waals surface area (Å²) in [6, 6.07) is 19.9. The molecule has 1 saturated heterocycles. The minimum atomic E-state index is -0.213. The zero-order valence-corrected chi connectivity index (χ0v) is 12.6. The first-order valence-corrected chi connectivity index (χ1v) is 7.88. The van der Waals surface area contributed by atoms with E-state index >= 15 is 0 Å². The van der Waals surface area contributed by atoms with Gasteiger partial charge < -0.3 is 15.7 Å². The van der Waals surface area contributed by atoms with Crippen LogP contribution in [0.3, 0.4) is 0 Å². The van der Waals surface area contributed by atoms with E-state index in [0.717, 1.165) is 16.8 Å². The SMILES string of the molecule is N=C1C=CC=C2C1C(c1ccccc1)C(c1ccccc1)[NH+]2[O-]. The van der Waals surface area contributed by atoms with Crippen LogP contribution in [0.5, 0.6) is 0 Å². The summed E-state index contributed by atoms with van der Waals surface area (Å²) in [6.07, 6.45) is 5.52. The summed E-state index contributed by atoms with van der Waals surface area (Å²) < 4.78 is 0. The van der Waals surface area contributed by atoms with Crippen LogP contribution in [0.4, 0.5) is 0 Å². The molecule has 2 aromatic carbocycles. The molecule has 1 aliphatic carbocycles. The van der Waals surface area contributed by atoms with Crippen LogP contribution in [0.25, 0.3) is 0 Å². The summed E-state index contributed by atoms with van der Waals surface area (Å²) in [5.74, 6) is -0.144. The highest BCUT2D eigenvalue weighted by Gasteiger charge is 2.49. The van der Waals surface area contributed by atoms with E-state index in [1.54, 1.807) is 0 Å². The predicted octanol–water partition coefficient (Wildman–Crippen LogP) is 3.00. The number of quaternary nitrogens is 1. The second-order valence-corrected chi connectivity index (χ2v) is 6.10. The molecule has 0 radical (unpaired) electrons. The number of allylic oxidation sites excluding steroid dienone is 4. The molecule has 2 aliphatic rings. The van der Waals surface area contributed by atoms with Crippen LogP contribution in [0, 0.1) is 16.5 Å². The number of fused-ring (bicyclic) bond motifs is 1. The van der Waals surface area contributed by atoms with Crippen molar-refractivity contribution >= 4 is 5.71 Å². The van der Waals surface area contributed by atoms with Crippen LogP contribution in [0.1, 0.15) is 23.1 Å². The topological polar surface area (TPSA) is 51.4 Å². The molecule has 2 N–H and O–H groups in total. The Morgan fingerprint density at radius 2 is 1.48 bits per heavy atom. The zero-order valence-electron chi connectivity index (χ0n) is 12.6. The molecule has 3 nitrogen and oxygen atoms in total. The van der Waals surface area contributed by atoms with Crippen LogP contribution in [-0.2, 0) is 0 Å². The van der Waals surface area contributed by atoms with E-state index in [-0.39, 0.29) is 22.9 Å². The highest BCUT2D eigenvalue weighted by Crippen LogP contribution is 2.44. The minimum absolute atomic E-state index is 0.00481. The van der Waals surface area contributed by atoms with Gasteiger partial charge in [-0.15, -0.1) is 0 Å². The fourth-order valence-electron chi connectivity index (χ4n) is 3.87. The van der Waals surface area contributed by atoms with Crippen LogP contribution in [0.2, 0.25) is 0 Å². The van der Waals surface area contributed by atoms with Gasteiger partial charge in [-0.3, -0.25) is 0 Å². The Morgan fingerprint density at radius 1 is 0.870 bits per heavy atom. The maximum absolute atomic E-state index is 13.1. The Kier molecular flexibility index (Phi) is 3.45. The van der Waals surface area contributed by atoms with Gasteiger partial charge in [0.1, 0.15) is 11.7 Å². The first kappa shape index (κ1) is 14.1. The molecular formula is C20H18N2O. The molecule has 0 spiro atoms. The highest BCUT2D eigenvalue weighted by molar-refractivity contribution is 5.98. The summed E-state index contributed by atoms with van der Waals surface area (Å²) in [5, 5.41) is 21.6. The molecule has 114 valence electrons. The summed E-state index contributed by atoms with van der Waals surface area (Å²) in [4.78, 5) is 0. The summed E-state index contributed by atoms with van der Waals surface area (Å²) in [7, 11) is 0. The largest absolute Gasteiger partial charge is 0.629 e. The molecule has 0 aromatic heterocycles. The number of rotatable bonds is 2. The minimum Gasteiger partial charge on any atom is -0.629 e. The van der Waals surface area contributed by atoms with Crippen molar-refractivity contribution in [1.82, 2.24) is 0 Å². The summed E-state index contributed by atoms with van der Waals surface area (Å²) in [5.41, 5.74) is 3.47. The average molecular weight is 302 g/mol. The third-order valence-corrected chi connectivity index (χ3v) is 4.85. The van der Waals surface area contributed by atoms with E-state index in [1.165, 1.54) is 0 Å². The van der Waals surface area contributed by atoms with E-state index in [1.807, 2.05) is 66.8 Å². The van der Waals surface area contributed by atoms with Gasteiger partial charge in [-0.25, -0.2) is 0 Å². The van der Waals surface area contributed by atoms with Gasteiger partial charge in [-0.05, 0) is 17.7 Å². The second kappa shape index (κ2) is 5.61. The molecular weight excluding hydrogens is 284 g/mol. The number of hydrogen-bond donors (Lipinski definition) is 2. The molecule has 4 atom stereocenters. The van der Waals surface area contributed by atoms with Gasteiger partial charge in [0.2, 0.25) is 0 Å². The lowest BCUT2D eigenvalue weighted by atomic mass is 9.77. The Morgan fingerprint density at radius 3 is 2.13 bits per heavy atom. The smallest absolute Gasteiger partial charge is 0.125 e. The van der Waals surface area contributed by atoms with Crippen molar-refractivity contribution in [3.63, 3.8) is 0 Å². The van der Waals surface area contributed by atoms with Crippen molar-refractivity contribution in [2.75, 3.05) is 0 Å². The van der Waals surface area contributed by atoms with Gasteiger partial charge in [-0.1, -0.05) is 66.7 Å². The third-order valence-electron chi connectivity index (χ3n) is 4.85. The Labute approximate surface area is 135 Å². The molecule has 23 heavy (non-hydrogen) atoms. The molecule has 0 bridgehead atoms. The standard InChI is InChI=1S/C20H18N2O/c21-16-12-7-13-17-19(16)18(14-8-3-1-4-9-14)20(22(17)23)15-10-5-2-6-11-15/h1-13,18-22H. The van der Waals surface area contributed by atoms with Crippen molar-refractivity contribution in [2.24, 2.45) is 5.92 Å². The Hall–Kier alpha value is -2.49. The Bertz CT molecular complexity index is 780. The van der Waals surface area contributed by atoms with Gasteiger partial charge in [0.15, 0.2) is 0 Å². The normalized spacial score (nSPS) is 29.3. The Balaban J connectivity index is 1.88. The fourth-order valence-corrected chi connectivity index (χ4v) is 3.87. The average Bonchev–Trinajstić information content (AvgIpc) is 2.91. The van der Waals surface area contributed by atoms with Crippen LogP contribution < -0.4 is 5.06 Å². The lowest BCUT2D eigenvalue weighted by Gasteiger charge is -2.28. The number of hydrogen-bond acceptors (Lipinski definition) is 2. The molecule has 1 fully saturated rings. The third kappa shape index (κ3) is 2.25. The van der Waals surface area contributed by atoms with Crippen LogP contribution in [0.15, 0.2) is 84.6 Å². The van der Waals surface area contributed by atoms with Crippen molar-refractivity contribution in [3.05, 3.63) is 101 Å². The molecule has 4 unspecified atom stereocenters. The van der Waals surface area contributed by atoms with Gasteiger partial charge in [0.05, 0.1) is 11.8 Å². The van der Waals surface area contributed by atoms with Crippen LogP contribution in [-0.4, -0.2) is 5.71 Å². The van der Waals surface area contributed by atoms with Crippen molar-refractivity contribution < 1.29 is 5.06 Å². The number of hydroxylamine groups is 2. The molecule has 1 heterocycles.